The number of pyridine rings is 1. The fourth-order valence-electron chi connectivity index (χ4n) is 4.13. The van der Waals surface area contributed by atoms with Gasteiger partial charge in [-0.2, -0.15) is 0 Å². The highest BCUT2D eigenvalue weighted by Crippen LogP contribution is 2.51. The van der Waals surface area contributed by atoms with Crippen LogP contribution in [0, 0.1) is 0 Å². The molecule has 1 aromatic heterocycles. The smallest absolute Gasteiger partial charge is 0.262 e. The van der Waals surface area contributed by atoms with Gasteiger partial charge in [-0.15, -0.1) is 0 Å². The summed E-state index contributed by atoms with van der Waals surface area (Å²) in [6.07, 6.45) is 3.61. The zero-order valence-electron chi connectivity index (χ0n) is 14.2. The van der Waals surface area contributed by atoms with Crippen molar-refractivity contribution in [2.24, 2.45) is 0 Å². The molecule has 6 nitrogen and oxygen atoms in total. The molecule has 26 heavy (non-hydrogen) atoms. The lowest BCUT2D eigenvalue weighted by Gasteiger charge is -2.33. The van der Waals surface area contributed by atoms with Crippen molar-refractivity contribution in [1.29, 1.82) is 0 Å². The lowest BCUT2D eigenvalue weighted by Crippen LogP contribution is -2.34. The van der Waals surface area contributed by atoms with Gasteiger partial charge >= 0.3 is 0 Å². The van der Waals surface area contributed by atoms with Crippen LogP contribution in [0.3, 0.4) is 0 Å². The number of carbonyl (C=O) groups is 1. The molecule has 0 bridgehead atoms. The number of nitrogens with zero attached hydrogens (tertiary/aromatic N) is 2. The standard InChI is InChI=1S/C19H17BrN2O4/c1-25-14-7-13(23)15-16(17(14)20)18(24)22-12-6-9-4-2-3-5-10(9)21-11(12)8-26-19(15)22/h6-7,19,23H,2-5,8H2,1H3. The second kappa shape index (κ2) is 5.69. The lowest BCUT2D eigenvalue weighted by atomic mass is 9.95. The number of phenolic OH excluding ortho intramolecular Hbond substituents is 1. The number of phenols is 1. The Bertz CT molecular complexity index is 959. The minimum absolute atomic E-state index is 0.00438. The number of ether oxygens (including phenoxy) is 2. The van der Waals surface area contributed by atoms with Gasteiger partial charge in [-0.25, -0.2) is 0 Å². The molecule has 1 aliphatic carbocycles. The molecule has 5 rings (SSSR count). The number of carbonyl (C=O) groups excluding carboxylic acids is 1. The Morgan fingerprint density at radius 3 is 2.92 bits per heavy atom. The van der Waals surface area contributed by atoms with Crippen molar-refractivity contribution in [1.82, 2.24) is 4.98 Å². The summed E-state index contributed by atoms with van der Waals surface area (Å²) < 4.78 is 11.7. The molecule has 0 fully saturated rings. The second-order valence-corrected chi connectivity index (χ2v) is 7.60. The predicted octanol–water partition coefficient (Wildman–Crippen LogP) is 3.63. The first-order chi connectivity index (χ1) is 12.6. The Balaban J connectivity index is 1.69. The molecule has 0 spiro atoms. The molecular weight excluding hydrogens is 400 g/mol. The number of fused-ring (bicyclic) bond motifs is 6. The van der Waals surface area contributed by atoms with Gasteiger partial charge in [-0.05, 0) is 53.2 Å². The molecular formula is C19H17BrN2O4. The molecule has 0 saturated carbocycles. The van der Waals surface area contributed by atoms with Crippen molar-refractivity contribution in [3.05, 3.63) is 44.7 Å². The topological polar surface area (TPSA) is 71.9 Å². The van der Waals surface area contributed by atoms with E-state index in [-0.39, 0.29) is 11.7 Å². The Morgan fingerprint density at radius 2 is 2.12 bits per heavy atom. The summed E-state index contributed by atoms with van der Waals surface area (Å²) in [6.45, 7) is 0.319. The van der Waals surface area contributed by atoms with Crippen LogP contribution in [0.2, 0.25) is 0 Å². The van der Waals surface area contributed by atoms with E-state index in [4.69, 9.17) is 14.5 Å². The van der Waals surface area contributed by atoms with Crippen molar-refractivity contribution in [2.45, 2.75) is 38.5 Å². The van der Waals surface area contributed by atoms with Gasteiger partial charge < -0.3 is 14.6 Å². The SMILES string of the molecule is COc1cc(O)c2c(c1Br)C(=O)N1c3cc4c(nc3COC21)CCCC4. The third kappa shape index (κ3) is 2.07. The zero-order valence-corrected chi connectivity index (χ0v) is 15.8. The maximum atomic E-state index is 13.2. The van der Waals surface area contributed by atoms with E-state index in [0.717, 1.165) is 42.8 Å². The van der Waals surface area contributed by atoms with Crippen molar-refractivity contribution < 1.29 is 19.4 Å². The fourth-order valence-corrected chi connectivity index (χ4v) is 4.79. The van der Waals surface area contributed by atoms with Crippen LogP contribution in [0.15, 0.2) is 16.6 Å². The number of methoxy groups -OCH3 is 1. The number of aromatic nitrogens is 1. The van der Waals surface area contributed by atoms with E-state index in [1.807, 2.05) is 0 Å². The average Bonchev–Trinajstić information content (AvgIpc) is 2.97. The van der Waals surface area contributed by atoms with Gasteiger partial charge in [-0.3, -0.25) is 14.7 Å². The van der Waals surface area contributed by atoms with Gasteiger partial charge in [0.25, 0.3) is 5.91 Å². The number of hydrogen-bond acceptors (Lipinski definition) is 5. The summed E-state index contributed by atoms with van der Waals surface area (Å²) >= 11 is 3.45. The molecule has 134 valence electrons. The van der Waals surface area contributed by atoms with E-state index in [9.17, 15) is 9.90 Å². The van der Waals surface area contributed by atoms with Crippen molar-refractivity contribution >= 4 is 27.5 Å². The quantitative estimate of drug-likeness (QED) is 0.768. The molecule has 1 aromatic carbocycles. The van der Waals surface area contributed by atoms with Crippen molar-refractivity contribution in [2.75, 3.05) is 12.0 Å². The Hall–Kier alpha value is -2.12. The Morgan fingerprint density at radius 1 is 1.31 bits per heavy atom. The van der Waals surface area contributed by atoms with Gasteiger partial charge in [0.05, 0.1) is 40.7 Å². The Labute approximate surface area is 158 Å². The first-order valence-corrected chi connectivity index (χ1v) is 9.45. The summed E-state index contributed by atoms with van der Waals surface area (Å²) in [7, 11) is 1.50. The third-order valence-corrected chi connectivity index (χ3v) is 6.16. The molecule has 0 saturated heterocycles. The van der Waals surface area contributed by atoms with Crippen LogP contribution in [0.5, 0.6) is 11.5 Å². The summed E-state index contributed by atoms with van der Waals surface area (Å²) in [5.41, 5.74) is 4.76. The summed E-state index contributed by atoms with van der Waals surface area (Å²) in [6, 6.07) is 3.59. The number of amides is 1. The average molecular weight is 417 g/mol. The van der Waals surface area contributed by atoms with E-state index in [2.05, 4.69) is 22.0 Å². The van der Waals surface area contributed by atoms with Crippen LogP contribution >= 0.6 is 15.9 Å². The van der Waals surface area contributed by atoms with E-state index in [0.29, 0.717) is 28.0 Å². The van der Waals surface area contributed by atoms with Crippen LogP contribution in [0.25, 0.3) is 0 Å². The summed E-state index contributed by atoms with van der Waals surface area (Å²) in [5.74, 6) is 0.193. The first-order valence-electron chi connectivity index (χ1n) is 8.66. The molecule has 1 atom stereocenters. The number of anilines is 1. The van der Waals surface area contributed by atoms with Crippen molar-refractivity contribution in [3.63, 3.8) is 0 Å². The highest BCUT2D eigenvalue weighted by molar-refractivity contribution is 9.10. The number of halogens is 1. The lowest BCUT2D eigenvalue weighted by molar-refractivity contribution is 0.0285. The molecule has 1 N–H and O–H groups in total. The second-order valence-electron chi connectivity index (χ2n) is 6.81. The predicted molar refractivity (Wildman–Crippen MR) is 97.6 cm³/mol. The van der Waals surface area contributed by atoms with Crippen LogP contribution < -0.4 is 9.64 Å². The van der Waals surface area contributed by atoms with E-state index >= 15 is 0 Å². The zero-order chi connectivity index (χ0) is 18.0. The number of rotatable bonds is 1. The van der Waals surface area contributed by atoms with Gasteiger partial charge in [0, 0.05) is 11.8 Å². The molecule has 2 aromatic rings. The molecule has 3 aliphatic rings. The van der Waals surface area contributed by atoms with Crippen LogP contribution in [-0.4, -0.2) is 23.1 Å². The monoisotopic (exact) mass is 416 g/mol. The molecule has 1 amide bonds. The van der Waals surface area contributed by atoms with Crippen LogP contribution in [0.4, 0.5) is 5.69 Å². The Kier molecular flexibility index (Phi) is 3.52. The number of hydrogen-bond donors (Lipinski definition) is 1. The van der Waals surface area contributed by atoms with Gasteiger partial charge in [0.2, 0.25) is 0 Å². The highest BCUT2D eigenvalue weighted by Gasteiger charge is 2.46. The maximum Gasteiger partial charge on any atom is 0.262 e. The largest absolute Gasteiger partial charge is 0.507 e. The molecule has 0 radical (unpaired) electrons. The molecule has 7 heteroatoms. The van der Waals surface area contributed by atoms with E-state index in [1.165, 1.54) is 18.7 Å². The summed E-state index contributed by atoms with van der Waals surface area (Å²) in [4.78, 5) is 19.6. The molecule has 2 aliphatic heterocycles. The van der Waals surface area contributed by atoms with Crippen molar-refractivity contribution in [3.8, 4) is 11.5 Å². The minimum Gasteiger partial charge on any atom is -0.507 e. The molecule has 3 heterocycles. The van der Waals surface area contributed by atoms with E-state index in [1.54, 1.807) is 4.90 Å². The summed E-state index contributed by atoms with van der Waals surface area (Å²) in [5, 5.41) is 10.5. The van der Waals surface area contributed by atoms with Gasteiger partial charge in [0.15, 0.2) is 6.23 Å². The highest BCUT2D eigenvalue weighted by atomic mass is 79.9. The molecule has 1 unspecified atom stereocenters. The van der Waals surface area contributed by atoms with Gasteiger partial charge in [0.1, 0.15) is 11.5 Å². The third-order valence-electron chi connectivity index (χ3n) is 5.38. The number of aromatic hydroxyl groups is 1. The number of benzene rings is 1. The fraction of sp³-hybridized carbons (Fsp3) is 0.368. The van der Waals surface area contributed by atoms with E-state index < -0.39 is 6.23 Å². The van der Waals surface area contributed by atoms with Gasteiger partial charge in [-0.1, -0.05) is 0 Å². The minimum atomic E-state index is -0.643. The normalized spacial score (nSPS) is 20.3. The first kappa shape index (κ1) is 16.1. The van der Waals surface area contributed by atoms with Crippen LogP contribution in [-0.2, 0) is 24.2 Å². The number of aryl methyl sites for hydroxylation is 2. The van der Waals surface area contributed by atoms with Crippen LogP contribution in [0.1, 0.15) is 51.9 Å². The maximum absolute atomic E-state index is 13.2.